The molecule has 2 rings (SSSR count). The molecule has 1 aromatic rings. The summed E-state index contributed by atoms with van der Waals surface area (Å²) in [6, 6.07) is 3.17. The van der Waals surface area contributed by atoms with Crippen LogP contribution in [0, 0.1) is 5.92 Å². The van der Waals surface area contributed by atoms with Gasteiger partial charge in [-0.05, 0) is 30.9 Å². The molecule has 0 saturated heterocycles. The van der Waals surface area contributed by atoms with Crippen molar-refractivity contribution in [3.8, 4) is 0 Å². The van der Waals surface area contributed by atoms with Crippen molar-refractivity contribution in [2.75, 3.05) is 26.8 Å². The van der Waals surface area contributed by atoms with E-state index in [4.69, 9.17) is 9.15 Å². The molecule has 1 aliphatic carbocycles. The minimum absolute atomic E-state index is 0.0136. The SMILES string of the molecule is COCCNCc1ccc(S(=O)(=O)NCC2CCC2)o1. The van der Waals surface area contributed by atoms with Crippen LogP contribution in [0.5, 0.6) is 0 Å². The highest BCUT2D eigenvalue weighted by Crippen LogP contribution is 2.25. The van der Waals surface area contributed by atoms with E-state index in [0.717, 1.165) is 12.8 Å². The number of hydrogen-bond acceptors (Lipinski definition) is 5. The number of furan rings is 1. The summed E-state index contributed by atoms with van der Waals surface area (Å²) in [4.78, 5) is 0. The summed E-state index contributed by atoms with van der Waals surface area (Å²) in [6.07, 6.45) is 3.41. The summed E-state index contributed by atoms with van der Waals surface area (Å²) in [5, 5.41) is 3.09. The zero-order chi connectivity index (χ0) is 14.4. The Kier molecular flexibility index (Phi) is 5.59. The second-order valence-corrected chi connectivity index (χ2v) is 6.74. The minimum Gasteiger partial charge on any atom is -0.447 e. The van der Waals surface area contributed by atoms with Crippen LogP contribution in [0.4, 0.5) is 0 Å². The summed E-state index contributed by atoms with van der Waals surface area (Å²) in [7, 11) is -1.88. The van der Waals surface area contributed by atoms with E-state index in [9.17, 15) is 8.42 Å². The van der Waals surface area contributed by atoms with Crippen LogP contribution in [-0.4, -0.2) is 35.2 Å². The zero-order valence-corrected chi connectivity index (χ0v) is 12.5. The molecule has 1 aromatic heterocycles. The molecule has 2 N–H and O–H groups in total. The fourth-order valence-corrected chi connectivity index (χ4v) is 3.04. The zero-order valence-electron chi connectivity index (χ0n) is 11.7. The van der Waals surface area contributed by atoms with Crippen molar-refractivity contribution in [1.82, 2.24) is 10.0 Å². The van der Waals surface area contributed by atoms with Crippen molar-refractivity contribution in [1.29, 1.82) is 0 Å². The third-order valence-corrected chi connectivity index (χ3v) is 4.77. The Bertz CT molecular complexity index is 508. The fraction of sp³-hybridized carbons (Fsp3) is 0.692. The van der Waals surface area contributed by atoms with E-state index in [1.165, 1.54) is 12.5 Å². The summed E-state index contributed by atoms with van der Waals surface area (Å²) in [5.74, 6) is 1.08. The number of ether oxygens (including phenoxy) is 1. The Morgan fingerprint density at radius 2 is 2.20 bits per heavy atom. The highest BCUT2D eigenvalue weighted by Gasteiger charge is 2.23. The monoisotopic (exact) mass is 302 g/mol. The topological polar surface area (TPSA) is 80.6 Å². The lowest BCUT2D eigenvalue weighted by molar-refractivity contribution is 0.198. The predicted octanol–water partition coefficient (Wildman–Crippen LogP) is 1.09. The Hall–Kier alpha value is -0.890. The fourth-order valence-electron chi connectivity index (χ4n) is 1.98. The van der Waals surface area contributed by atoms with E-state index in [0.29, 0.717) is 37.9 Å². The lowest BCUT2D eigenvalue weighted by atomic mass is 9.86. The Morgan fingerprint density at radius 1 is 1.40 bits per heavy atom. The Morgan fingerprint density at radius 3 is 2.85 bits per heavy atom. The van der Waals surface area contributed by atoms with Gasteiger partial charge in [-0.25, -0.2) is 13.1 Å². The van der Waals surface area contributed by atoms with E-state index in [1.807, 2.05) is 0 Å². The van der Waals surface area contributed by atoms with E-state index in [1.54, 1.807) is 13.2 Å². The van der Waals surface area contributed by atoms with Crippen molar-refractivity contribution >= 4 is 10.0 Å². The smallest absolute Gasteiger partial charge is 0.273 e. The largest absolute Gasteiger partial charge is 0.447 e. The van der Waals surface area contributed by atoms with Crippen LogP contribution in [0.25, 0.3) is 0 Å². The van der Waals surface area contributed by atoms with Gasteiger partial charge in [0.15, 0.2) is 0 Å². The molecule has 1 fully saturated rings. The molecule has 0 aromatic carbocycles. The minimum atomic E-state index is -3.52. The first-order valence-corrected chi connectivity index (χ1v) is 8.38. The molecule has 0 aliphatic heterocycles. The molecule has 0 spiro atoms. The van der Waals surface area contributed by atoms with E-state index in [-0.39, 0.29) is 5.09 Å². The number of rotatable bonds is 9. The van der Waals surface area contributed by atoms with E-state index in [2.05, 4.69) is 10.0 Å². The first kappa shape index (κ1) is 15.5. The summed E-state index contributed by atoms with van der Waals surface area (Å²) >= 11 is 0. The maximum Gasteiger partial charge on any atom is 0.273 e. The van der Waals surface area contributed by atoms with Crippen LogP contribution < -0.4 is 10.0 Å². The van der Waals surface area contributed by atoms with Gasteiger partial charge in [0.2, 0.25) is 5.09 Å². The summed E-state index contributed by atoms with van der Waals surface area (Å²) in [6.45, 7) is 2.29. The van der Waals surface area contributed by atoms with Crippen LogP contribution in [0.2, 0.25) is 0 Å². The van der Waals surface area contributed by atoms with Gasteiger partial charge in [0.05, 0.1) is 13.2 Å². The second kappa shape index (κ2) is 7.21. The first-order valence-electron chi connectivity index (χ1n) is 6.90. The van der Waals surface area contributed by atoms with Gasteiger partial charge in [-0.1, -0.05) is 6.42 Å². The van der Waals surface area contributed by atoms with Crippen molar-refractivity contribution in [2.45, 2.75) is 30.9 Å². The molecular weight excluding hydrogens is 280 g/mol. The first-order chi connectivity index (χ1) is 9.62. The number of nitrogens with one attached hydrogen (secondary N) is 2. The summed E-state index contributed by atoms with van der Waals surface area (Å²) in [5.41, 5.74) is 0. The van der Waals surface area contributed by atoms with Crippen molar-refractivity contribution < 1.29 is 17.6 Å². The van der Waals surface area contributed by atoms with Crippen LogP contribution in [0.1, 0.15) is 25.0 Å². The van der Waals surface area contributed by atoms with Crippen molar-refractivity contribution in [3.05, 3.63) is 17.9 Å². The van der Waals surface area contributed by atoms with Gasteiger partial charge in [-0.15, -0.1) is 0 Å². The lowest BCUT2D eigenvalue weighted by Gasteiger charge is -2.24. The number of hydrogen-bond donors (Lipinski definition) is 2. The van der Waals surface area contributed by atoms with Gasteiger partial charge >= 0.3 is 0 Å². The van der Waals surface area contributed by atoms with Crippen molar-refractivity contribution in [3.63, 3.8) is 0 Å². The molecule has 1 heterocycles. The molecular formula is C13H22N2O4S. The molecule has 1 aliphatic rings. The van der Waals surface area contributed by atoms with Crippen molar-refractivity contribution in [2.24, 2.45) is 5.92 Å². The third kappa shape index (κ3) is 4.31. The molecule has 0 radical (unpaired) electrons. The third-order valence-electron chi connectivity index (χ3n) is 3.47. The van der Waals surface area contributed by atoms with Gasteiger partial charge in [0, 0.05) is 20.2 Å². The maximum atomic E-state index is 12.0. The van der Waals surface area contributed by atoms with E-state index < -0.39 is 10.0 Å². The highest BCUT2D eigenvalue weighted by molar-refractivity contribution is 7.89. The second-order valence-electron chi connectivity index (χ2n) is 5.04. The quantitative estimate of drug-likeness (QED) is 0.668. The molecule has 0 atom stereocenters. The molecule has 6 nitrogen and oxygen atoms in total. The summed E-state index contributed by atoms with van der Waals surface area (Å²) < 4.78 is 36.9. The average molecular weight is 302 g/mol. The molecule has 114 valence electrons. The molecule has 0 bridgehead atoms. The molecule has 1 saturated carbocycles. The standard InChI is InChI=1S/C13H22N2O4S/c1-18-8-7-14-10-12-5-6-13(19-12)20(16,17)15-9-11-3-2-4-11/h5-6,11,14-15H,2-4,7-10H2,1H3. The number of methoxy groups -OCH3 is 1. The maximum absolute atomic E-state index is 12.0. The lowest BCUT2D eigenvalue weighted by Crippen LogP contribution is -2.32. The van der Waals surface area contributed by atoms with Gasteiger partial charge in [0.1, 0.15) is 5.76 Å². The number of sulfonamides is 1. The highest BCUT2D eigenvalue weighted by atomic mass is 32.2. The predicted molar refractivity (Wildman–Crippen MR) is 74.8 cm³/mol. The van der Waals surface area contributed by atoms with Crippen LogP contribution >= 0.6 is 0 Å². The van der Waals surface area contributed by atoms with Crippen LogP contribution in [0.3, 0.4) is 0 Å². The average Bonchev–Trinajstić information content (AvgIpc) is 2.82. The molecule has 0 amide bonds. The Labute approximate surface area is 119 Å². The van der Waals surface area contributed by atoms with Gasteiger partial charge < -0.3 is 14.5 Å². The van der Waals surface area contributed by atoms with E-state index >= 15 is 0 Å². The van der Waals surface area contributed by atoms with Crippen LogP contribution in [0.15, 0.2) is 21.6 Å². The van der Waals surface area contributed by atoms with Gasteiger partial charge in [0.25, 0.3) is 10.0 Å². The van der Waals surface area contributed by atoms with Crippen LogP contribution in [-0.2, 0) is 21.3 Å². The normalized spacial score (nSPS) is 16.2. The molecule has 0 unspecified atom stereocenters. The Balaban J connectivity index is 1.82. The molecule has 7 heteroatoms. The van der Waals surface area contributed by atoms with Gasteiger partial charge in [-0.3, -0.25) is 0 Å². The molecule has 20 heavy (non-hydrogen) atoms. The van der Waals surface area contributed by atoms with Gasteiger partial charge in [-0.2, -0.15) is 0 Å².